The zero-order valence-electron chi connectivity index (χ0n) is 13.1. The molecule has 120 valence electrons. The van der Waals surface area contributed by atoms with Gasteiger partial charge in [-0.25, -0.2) is 0 Å². The van der Waals surface area contributed by atoms with E-state index in [-0.39, 0.29) is 16.8 Å². The molecule has 1 rings (SSSR count). The first kappa shape index (κ1) is 17.9. The Labute approximate surface area is 132 Å². The molecule has 1 fully saturated rings. The molecule has 5 nitrogen and oxygen atoms in total. The smallest absolute Gasteiger partial charge is 0.233 e. The van der Waals surface area contributed by atoms with Gasteiger partial charge in [-0.1, -0.05) is 26.1 Å². The average molecular weight is 313 g/mol. The Morgan fingerprint density at radius 2 is 1.76 bits per heavy atom. The van der Waals surface area contributed by atoms with Crippen LogP contribution in [0.3, 0.4) is 0 Å². The maximum atomic E-state index is 12.3. The van der Waals surface area contributed by atoms with Gasteiger partial charge in [0, 0.05) is 26.1 Å². The van der Waals surface area contributed by atoms with Crippen molar-refractivity contribution in [3.8, 4) is 0 Å². The number of nitrogens with zero attached hydrogens (tertiary/aromatic N) is 1. The fourth-order valence-electron chi connectivity index (χ4n) is 2.79. The van der Waals surface area contributed by atoms with Gasteiger partial charge >= 0.3 is 0 Å². The quantitative estimate of drug-likeness (QED) is 0.700. The third kappa shape index (κ3) is 4.40. The molecule has 2 amide bonds. The van der Waals surface area contributed by atoms with Crippen molar-refractivity contribution in [3.63, 3.8) is 0 Å². The zero-order chi connectivity index (χ0) is 15.9. The topological polar surface area (TPSA) is 75.4 Å². The highest BCUT2D eigenvalue weighted by atomic mass is 32.1. The average Bonchev–Trinajstić information content (AvgIpc) is 2.49. The summed E-state index contributed by atoms with van der Waals surface area (Å²) in [4.78, 5) is 26.5. The molecular formula is C15H27N3O2S. The Hall–Kier alpha value is -1.17. The predicted octanol–water partition coefficient (Wildman–Crippen LogP) is 1.60. The van der Waals surface area contributed by atoms with E-state index in [0.29, 0.717) is 25.8 Å². The fraction of sp³-hybridized carbons (Fsp3) is 0.800. The van der Waals surface area contributed by atoms with Crippen molar-refractivity contribution in [1.82, 2.24) is 10.2 Å². The van der Waals surface area contributed by atoms with Crippen LogP contribution in [0.4, 0.5) is 0 Å². The highest BCUT2D eigenvalue weighted by molar-refractivity contribution is 7.80. The second-order valence-electron chi connectivity index (χ2n) is 5.60. The molecule has 1 aliphatic rings. The fourth-order valence-corrected chi connectivity index (χ4v) is 3.17. The Morgan fingerprint density at radius 3 is 2.24 bits per heavy atom. The lowest BCUT2D eigenvalue weighted by Crippen LogP contribution is -2.49. The van der Waals surface area contributed by atoms with Gasteiger partial charge in [0.25, 0.3) is 0 Å². The number of rotatable bonds is 7. The van der Waals surface area contributed by atoms with E-state index in [9.17, 15) is 9.59 Å². The number of piperidine rings is 1. The molecule has 1 aliphatic heterocycles. The lowest BCUT2D eigenvalue weighted by Gasteiger charge is -2.29. The van der Waals surface area contributed by atoms with Crippen molar-refractivity contribution in [2.75, 3.05) is 19.6 Å². The summed E-state index contributed by atoms with van der Waals surface area (Å²) >= 11 is 5.05. The number of carbonyl (C=O) groups excluding carboxylic acids is 2. The van der Waals surface area contributed by atoms with Crippen LogP contribution in [0, 0.1) is 5.41 Å². The van der Waals surface area contributed by atoms with Gasteiger partial charge in [-0.3, -0.25) is 9.59 Å². The molecule has 21 heavy (non-hydrogen) atoms. The molecule has 0 spiro atoms. The Kier molecular flexibility index (Phi) is 7.08. The van der Waals surface area contributed by atoms with E-state index in [0.717, 1.165) is 25.9 Å². The summed E-state index contributed by atoms with van der Waals surface area (Å²) in [6.45, 7) is 5.84. The van der Waals surface area contributed by atoms with E-state index in [1.807, 2.05) is 18.7 Å². The normalized spacial score (nSPS) is 15.6. The summed E-state index contributed by atoms with van der Waals surface area (Å²) in [6.07, 6.45) is 4.84. The minimum atomic E-state index is -0.788. The van der Waals surface area contributed by atoms with Crippen LogP contribution >= 0.6 is 12.2 Å². The van der Waals surface area contributed by atoms with Crippen LogP contribution in [-0.4, -0.2) is 41.3 Å². The van der Waals surface area contributed by atoms with Crippen molar-refractivity contribution in [2.45, 2.75) is 52.4 Å². The number of carbonyl (C=O) groups is 2. The van der Waals surface area contributed by atoms with Gasteiger partial charge in [0.2, 0.25) is 11.8 Å². The standard InChI is InChI=1S/C15H27N3O2S/c1-3-15(4-2,13(16)21)14(20)17-9-8-12(19)18-10-6-5-7-11-18/h3-11H2,1-2H3,(H2,16,21)(H,17,20). The third-order valence-corrected chi connectivity index (χ3v) is 4.84. The number of hydrogen-bond acceptors (Lipinski definition) is 3. The predicted molar refractivity (Wildman–Crippen MR) is 87.9 cm³/mol. The molecule has 0 bridgehead atoms. The van der Waals surface area contributed by atoms with Crippen LogP contribution in [-0.2, 0) is 9.59 Å². The Morgan fingerprint density at radius 1 is 1.19 bits per heavy atom. The summed E-state index contributed by atoms with van der Waals surface area (Å²) < 4.78 is 0. The van der Waals surface area contributed by atoms with Crippen molar-refractivity contribution in [1.29, 1.82) is 0 Å². The molecule has 0 radical (unpaired) electrons. The second kappa shape index (κ2) is 8.32. The van der Waals surface area contributed by atoms with Gasteiger partial charge in [-0.2, -0.15) is 0 Å². The molecule has 0 atom stereocenters. The largest absolute Gasteiger partial charge is 0.392 e. The highest BCUT2D eigenvalue weighted by Crippen LogP contribution is 2.27. The lowest BCUT2D eigenvalue weighted by molar-refractivity contribution is -0.132. The molecule has 6 heteroatoms. The lowest BCUT2D eigenvalue weighted by atomic mass is 9.81. The van der Waals surface area contributed by atoms with Gasteiger partial charge in [0.15, 0.2) is 0 Å². The van der Waals surface area contributed by atoms with E-state index < -0.39 is 5.41 Å². The number of likely N-dealkylation sites (tertiary alicyclic amines) is 1. The summed E-state index contributed by atoms with van der Waals surface area (Å²) in [5.41, 5.74) is 4.95. The van der Waals surface area contributed by atoms with E-state index in [1.165, 1.54) is 6.42 Å². The second-order valence-corrected chi connectivity index (χ2v) is 6.04. The minimum absolute atomic E-state index is 0.115. The van der Waals surface area contributed by atoms with Gasteiger partial charge in [-0.15, -0.1) is 0 Å². The number of thiocarbonyl (C=S) groups is 1. The maximum absolute atomic E-state index is 12.3. The first-order chi connectivity index (χ1) is 9.97. The number of hydrogen-bond donors (Lipinski definition) is 2. The van der Waals surface area contributed by atoms with Crippen LogP contribution in [0.25, 0.3) is 0 Å². The molecule has 0 aromatic rings. The number of nitrogens with two attached hydrogens (primary N) is 1. The molecular weight excluding hydrogens is 286 g/mol. The van der Waals surface area contributed by atoms with Crippen LogP contribution in [0.5, 0.6) is 0 Å². The third-order valence-electron chi connectivity index (χ3n) is 4.45. The highest BCUT2D eigenvalue weighted by Gasteiger charge is 2.37. The number of nitrogens with one attached hydrogen (secondary N) is 1. The molecule has 0 unspecified atom stereocenters. The first-order valence-electron chi connectivity index (χ1n) is 7.84. The minimum Gasteiger partial charge on any atom is -0.392 e. The van der Waals surface area contributed by atoms with Gasteiger partial charge in [-0.05, 0) is 32.1 Å². The van der Waals surface area contributed by atoms with Crippen molar-refractivity contribution < 1.29 is 9.59 Å². The Balaban J connectivity index is 2.45. The van der Waals surface area contributed by atoms with E-state index in [2.05, 4.69) is 5.32 Å². The van der Waals surface area contributed by atoms with E-state index in [4.69, 9.17) is 18.0 Å². The van der Waals surface area contributed by atoms with Gasteiger partial charge in [0.1, 0.15) is 0 Å². The first-order valence-corrected chi connectivity index (χ1v) is 8.24. The summed E-state index contributed by atoms with van der Waals surface area (Å²) in [5.74, 6) is -0.0460. The summed E-state index contributed by atoms with van der Waals surface area (Å²) in [6, 6.07) is 0. The van der Waals surface area contributed by atoms with Crippen LogP contribution in [0.15, 0.2) is 0 Å². The molecule has 0 aromatic carbocycles. The number of amides is 2. The molecule has 3 N–H and O–H groups in total. The summed E-state index contributed by atoms with van der Waals surface area (Å²) in [5, 5.41) is 2.82. The van der Waals surface area contributed by atoms with Gasteiger partial charge < -0.3 is 16.0 Å². The van der Waals surface area contributed by atoms with Crippen LogP contribution < -0.4 is 11.1 Å². The Bertz CT molecular complexity index is 388. The monoisotopic (exact) mass is 313 g/mol. The van der Waals surface area contributed by atoms with E-state index in [1.54, 1.807) is 0 Å². The van der Waals surface area contributed by atoms with Crippen molar-refractivity contribution >= 4 is 29.0 Å². The molecule has 0 aromatic heterocycles. The molecule has 0 saturated carbocycles. The van der Waals surface area contributed by atoms with Gasteiger partial charge in [0.05, 0.1) is 10.4 Å². The molecule has 0 aliphatic carbocycles. The van der Waals surface area contributed by atoms with Crippen molar-refractivity contribution in [2.24, 2.45) is 11.1 Å². The van der Waals surface area contributed by atoms with Crippen LogP contribution in [0.2, 0.25) is 0 Å². The zero-order valence-corrected chi connectivity index (χ0v) is 13.9. The van der Waals surface area contributed by atoms with E-state index >= 15 is 0 Å². The molecule has 1 heterocycles. The molecule has 1 saturated heterocycles. The SMILES string of the molecule is CCC(CC)(C(=O)NCCC(=O)N1CCCCC1)C(N)=S. The maximum Gasteiger partial charge on any atom is 0.233 e. The summed E-state index contributed by atoms with van der Waals surface area (Å²) in [7, 11) is 0. The van der Waals surface area contributed by atoms with Crippen molar-refractivity contribution in [3.05, 3.63) is 0 Å². The van der Waals surface area contributed by atoms with Crippen LogP contribution in [0.1, 0.15) is 52.4 Å².